The molecule has 3 aromatic carbocycles. The lowest BCUT2D eigenvalue weighted by atomic mass is 9.73. The molecule has 0 bridgehead atoms. The third kappa shape index (κ3) is 7.07. The van der Waals surface area contributed by atoms with Crippen molar-refractivity contribution in [1.82, 2.24) is 10.2 Å². The highest BCUT2D eigenvalue weighted by atomic mass is 35.5. The van der Waals surface area contributed by atoms with E-state index in [1.165, 1.54) is 5.56 Å². The first kappa shape index (κ1) is 32.8. The topological polar surface area (TPSA) is 73.8 Å². The van der Waals surface area contributed by atoms with Gasteiger partial charge >= 0.3 is 0 Å². The van der Waals surface area contributed by atoms with Crippen molar-refractivity contribution in [2.45, 2.75) is 87.2 Å². The third-order valence-electron chi connectivity index (χ3n) is 9.84. The minimum absolute atomic E-state index is 0.0121. The number of aliphatic imine (C=N–C) groups is 1. The van der Waals surface area contributed by atoms with Crippen LogP contribution in [0.25, 0.3) is 0 Å². The van der Waals surface area contributed by atoms with Gasteiger partial charge in [-0.2, -0.15) is 0 Å². The van der Waals surface area contributed by atoms with Crippen LogP contribution >= 0.6 is 23.4 Å². The molecule has 6 rings (SSSR count). The zero-order chi connectivity index (χ0) is 32.6. The van der Waals surface area contributed by atoms with Gasteiger partial charge in [0.15, 0.2) is 17.4 Å². The molecule has 1 saturated carbocycles. The fourth-order valence-electron chi connectivity index (χ4n) is 7.59. The predicted octanol–water partition coefficient (Wildman–Crippen LogP) is 8.33. The Kier molecular flexibility index (Phi) is 9.65. The molecule has 242 valence electrons. The molecule has 0 radical (unpaired) electrons. The molecule has 2 aliphatic heterocycles. The van der Waals surface area contributed by atoms with E-state index >= 15 is 0 Å². The number of anilines is 1. The van der Waals surface area contributed by atoms with Gasteiger partial charge in [-0.05, 0) is 106 Å². The van der Waals surface area contributed by atoms with E-state index in [1.54, 1.807) is 36.0 Å². The molecule has 0 amide bonds. The first-order valence-corrected chi connectivity index (χ1v) is 17.8. The van der Waals surface area contributed by atoms with E-state index in [0.717, 1.165) is 59.6 Å². The SMILES string of the molecule is Cc1ccc2c(c1)C(C(C)CC1CCC(NC3(C)N=C(N(C)C)c4ccccc4N3)CC1)C(=O)C(CC(=O)c1ccc(Cl)cc1)S2. The Bertz CT molecular complexity index is 1630. The number of fused-ring (bicyclic) bond motifs is 2. The lowest BCUT2D eigenvalue weighted by Gasteiger charge is -2.41. The number of carbonyl (C=O) groups excluding carboxylic acids is 2. The molecule has 6 nitrogen and oxygen atoms in total. The van der Waals surface area contributed by atoms with Gasteiger partial charge in [0.05, 0.1) is 5.25 Å². The van der Waals surface area contributed by atoms with Gasteiger partial charge in [-0.3, -0.25) is 14.9 Å². The Morgan fingerprint density at radius 2 is 1.80 bits per heavy atom. The standard InChI is InChI=1S/C38H45ClN4O2S/c1-23-10-19-33-30(20-23)35(36(45)34(46-33)22-32(44)26-13-15-27(39)16-14-26)24(2)21-25-11-17-28(18-12-25)40-38(3)41-31-9-7-6-8-29(31)37(42-38)43(4)5/h6-10,13-16,19-20,24-25,28,34-35,40-41H,11-12,17-18,21-22H2,1-5H3. The quantitative estimate of drug-likeness (QED) is 0.238. The lowest BCUT2D eigenvalue weighted by Crippen LogP contribution is -2.56. The number of aryl methyl sites for hydroxylation is 1. The van der Waals surface area contributed by atoms with Gasteiger partial charge < -0.3 is 10.2 Å². The summed E-state index contributed by atoms with van der Waals surface area (Å²) in [4.78, 5) is 35.7. The molecule has 3 aliphatic rings. The summed E-state index contributed by atoms with van der Waals surface area (Å²) >= 11 is 7.60. The lowest BCUT2D eigenvalue weighted by molar-refractivity contribution is -0.121. The number of thioether (sulfide) groups is 1. The Morgan fingerprint density at radius 3 is 2.52 bits per heavy atom. The number of halogens is 1. The summed E-state index contributed by atoms with van der Waals surface area (Å²) in [7, 11) is 4.09. The van der Waals surface area contributed by atoms with Gasteiger partial charge in [0.1, 0.15) is 5.84 Å². The zero-order valence-corrected chi connectivity index (χ0v) is 29.0. The van der Waals surface area contributed by atoms with E-state index in [0.29, 0.717) is 22.5 Å². The van der Waals surface area contributed by atoms with E-state index in [4.69, 9.17) is 16.6 Å². The Labute approximate surface area is 282 Å². The minimum Gasteiger partial charge on any atom is -0.362 e. The van der Waals surface area contributed by atoms with Crippen LogP contribution in [0.15, 0.2) is 76.6 Å². The summed E-state index contributed by atoms with van der Waals surface area (Å²) in [5.74, 6) is 1.14. The summed E-state index contributed by atoms with van der Waals surface area (Å²) in [6, 6.07) is 22.1. The van der Waals surface area contributed by atoms with Crippen molar-refractivity contribution in [3.63, 3.8) is 0 Å². The monoisotopic (exact) mass is 656 g/mol. The predicted molar refractivity (Wildman–Crippen MR) is 190 cm³/mol. The molecule has 2 heterocycles. The number of ketones is 2. The number of carbonyl (C=O) groups is 2. The first-order chi connectivity index (χ1) is 22.0. The maximum atomic E-state index is 14.1. The maximum Gasteiger partial charge on any atom is 0.184 e. The zero-order valence-electron chi connectivity index (χ0n) is 27.5. The van der Waals surface area contributed by atoms with Crippen LogP contribution in [-0.2, 0) is 4.79 Å². The molecule has 0 aromatic heterocycles. The molecule has 0 spiro atoms. The van der Waals surface area contributed by atoms with E-state index in [2.05, 4.69) is 78.8 Å². The summed E-state index contributed by atoms with van der Waals surface area (Å²) in [6.07, 6.45) is 5.59. The van der Waals surface area contributed by atoms with Crippen LogP contribution in [0.5, 0.6) is 0 Å². The highest BCUT2D eigenvalue weighted by molar-refractivity contribution is 8.00. The summed E-state index contributed by atoms with van der Waals surface area (Å²) in [5.41, 5.74) is 5.12. The number of hydrogen-bond donors (Lipinski definition) is 2. The van der Waals surface area contributed by atoms with E-state index in [-0.39, 0.29) is 35.1 Å². The third-order valence-corrected chi connectivity index (χ3v) is 11.4. The first-order valence-electron chi connectivity index (χ1n) is 16.5. The van der Waals surface area contributed by atoms with Crippen LogP contribution < -0.4 is 10.6 Å². The Morgan fingerprint density at radius 1 is 1.09 bits per heavy atom. The second-order valence-electron chi connectivity index (χ2n) is 13.8. The van der Waals surface area contributed by atoms with Crippen molar-refractivity contribution in [2.75, 3.05) is 19.4 Å². The Hall–Kier alpha value is -3.13. The van der Waals surface area contributed by atoms with Crippen LogP contribution in [-0.4, -0.2) is 53.5 Å². The van der Waals surface area contributed by atoms with Crippen LogP contribution in [0.1, 0.15) is 85.3 Å². The highest BCUT2D eigenvalue weighted by Gasteiger charge is 2.41. The number of benzene rings is 3. The van der Waals surface area contributed by atoms with Gasteiger partial charge in [-0.1, -0.05) is 48.4 Å². The molecular formula is C38H45ClN4O2S. The van der Waals surface area contributed by atoms with E-state index < -0.39 is 5.79 Å². The average Bonchev–Trinajstić information content (AvgIpc) is 3.02. The van der Waals surface area contributed by atoms with Gasteiger partial charge in [0.2, 0.25) is 0 Å². The molecule has 1 fully saturated rings. The number of hydrogen-bond acceptors (Lipinski definition) is 7. The molecule has 4 unspecified atom stereocenters. The van der Waals surface area contributed by atoms with Crippen molar-refractivity contribution < 1.29 is 9.59 Å². The van der Waals surface area contributed by atoms with Gasteiger partial charge in [0, 0.05) is 59.2 Å². The fraction of sp³-hybridized carbons (Fsp3) is 0.447. The van der Waals surface area contributed by atoms with Crippen molar-refractivity contribution in [3.05, 3.63) is 94.0 Å². The fourth-order valence-corrected chi connectivity index (χ4v) is 8.99. The molecule has 0 saturated heterocycles. The molecular weight excluding hydrogens is 612 g/mol. The molecule has 2 N–H and O–H groups in total. The van der Waals surface area contributed by atoms with Crippen LogP contribution in [0.4, 0.5) is 5.69 Å². The van der Waals surface area contributed by atoms with Crippen LogP contribution in [0, 0.1) is 18.8 Å². The molecule has 3 aromatic rings. The summed E-state index contributed by atoms with van der Waals surface area (Å²) < 4.78 is 0. The normalized spacial score (nSPS) is 26.3. The number of para-hydroxylation sites is 1. The largest absolute Gasteiger partial charge is 0.362 e. The van der Waals surface area contributed by atoms with Gasteiger partial charge in [-0.25, -0.2) is 4.99 Å². The number of amidine groups is 1. The smallest absolute Gasteiger partial charge is 0.184 e. The van der Waals surface area contributed by atoms with Crippen molar-refractivity contribution >= 4 is 46.5 Å². The maximum absolute atomic E-state index is 14.1. The molecule has 4 atom stereocenters. The van der Waals surface area contributed by atoms with Gasteiger partial charge in [-0.15, -0.1) is 11.8 Å². The summed E-state index contributed by atoms with van der Waals surface area (Å²) in [6.45, 7) is 6.46. The Balaban J connectivity index is 1.11. The molecule has 8 heteroatoms. The number of Topliss-reactive ketones (excluding diaryl/α,β-unsaturated/α-hetero) is 2. The number of rotatable bonds is 8. The van der Waals surface area contributed by atoms with E-state index in [9.17, 15) is 9.59 Å². The summed E-state index contributed by atoms with van der Waals surface area (Å²) in [5, 5.41) is 7.70. The minimum atomic E-state index is -0.578. The van der Waals surface area contributed by atoms with E-state index in [1.807, 2.05) is 14.1 Å². The average molecular weight is 657 g/mol. The molecule has 1 aliphatic carbocycles. The van der Waals surface area contributed by atoms with Crippen molar-refractivity contribution in [1.29, 1.82) is 0 Å². The van der Waals surface area contributed by atoms with Crippen molar-refractivity contribution in [2.24, 2.45) is 16.8 Å². The highest BCUT2D eigenvalue weighted by Crippen LogP contribution is 2.47. The van der Waals surface area contributed by atoms with Gasteiger partial charge in [0.25, 0.3) is 0 Å². The number of nitrogens with zero attached hydrogens (tertiary/aromatic N) is 2. The second kappa shape index (κ2) is 13.5. The number of nitrogens with one attached hydrogen (secondary N) is 2. The van der Waals surface area contributed by atoms with Crippen molar-refractivity contribution in [3.8, 4) is 0 Å². The van der Waals surface area contributed by atoms with Crippen LogP contribution in [0.2, 0.25) is 5.02 Å². The molecule has 46 heavy (non-hydrogen) atoms. The second-order valence-corrected chi connectivity index (χ2v) is 15.5. The van der Waals surface area contributed by atoms with Crippen LogP contribution in [0.3, 0.4) is 0 Å².